The highest BCUT2D eigenvalue weighted by atomic mass is 32.1. The normalized spacial score (nSPS) is 15.8. The molecule has 2 heterocycles. The summed E-state index contributed by atoms with van der Waals surface area (Å²) in [5, 5.41) is 3.01. The van der Waals surface area contributed by atoms with E-state index in [0.29, 0.717) is 0 Å². The lowest BCUT2D eigenvalue weighted by Crippen LogP contribution is -2.37. The number of nitrogens with zero attached hydrogens (tertiary/aromatic N) is 2. The molecule has 0 radical (unpaired) electrons. The Hall–Kier alpha value is -1.94. The van der Waals surface area contributed by atoms with E-state index in [-0.39, 0.29) is 5.91 Å². The number of aromatic nitrogens is 1. The largest absolute Gasteiger partial charge is 0.339 e. The molecule has 1 fully saturated rings. The number of aryl methyl sites for hydroxylation is 3. The van der Waals surface area contributed by atoms with Gasteiger partial charge in [0.2, 0.25) is 5.91 Å². The highest BCUT2D eigenvalue weighted by Crippen LogP contribution is 2.23. The van der Waals surface area contributed by atoms with Crippen LogP contribution in [0, 0.1) is 19.8 Å². The molecule has 1 aromatic heterocycles. The van der Waals surface area contributed by atoms with Gasteiger partial charge in [-0.05, 0) is 57.1 Å². The quantitative estimate of drug-likeness (QED) is 0.733. The molecule has 1 amide bonds. The molecule has 0 saturated carbocycles. The Morgan fingerprint density at radius 1 is 1.24 bits per heavy atom. The van der Waals surface area contributed by atoms with E-state index in [1.165, 1.54) is 17.5 Å². The van der Waals surface area contributed by atoms with Crippen molar-refractivity contribution in [3.63, 3.8) is 0 Å². The number of hydrogen-bond donors (Lipinski definition) is 0. The van der Waals surface area contributed by atoms with Gasteiger partial charge in [-0.15, -0.1) is 11.3 Å². The molecule has 0 unspecified atom stereocenters. The Balaban J connectivity index is 1.42. The van der Waals surface area contributed by atoms with Gasteiger partial charge in [-0.1, -0.05) is 29.8 Å². The molecule has 0 aliphatic carbocycles. The van der Waals surface area contributed by atoms with E-state index in [1.807, 2.05) is 23.3 Å². The molecule has 0 bridgehead atoms. The minimum atomic E-state index is 0.114. The van der Waals surface area contributed by atoms with Crippen LogP contribution in [0.15, 0.2) is 35.7 Å². The summed E-state index contributed by atoms with van der Waals surface area (Å²) >= 11 is 1.61. The van der Waals surface area contributed by atoms with Crippen LogP contribution in [0.4, 0.5) is 0 Å². The van der Waals surface area contributed by atoms with Gasteiger partial charge in [0.25, 0.3) is 0 Å². The average molecular weight is 355 g/mol. The second-order valence-electron chi connectivity index (χ2n) is 6.92. The van der Waals surface area contributed by atoms with Crippen molar-refractivity contribution in [1.29, 1.82) is 0 Å². The smallest absolute Gasteiger partial charge is 0.246 e. The molecule has 132 valence electrons. The number of hydrogen-bond acceptors (Lipinski definition) is 3. The summed E-state index contributed by atoms with van der Waals surface area (Å²) in [4.78, 5) is 18.6. The van der Waals surface area contributed by atoms with Crippen molar-refractivity contribution in [3.8, 4) is 0 Å². The predicted octanol–water partition coefficient (Wildman–Crippen LogP) is 4.64. The third kappa shape index (κ3) is 5.27. The van der Waals surface area contributed by atoms with Crippen molar-refractivity contribution in [3.05, 3.63) is 57.6 Å². The first-order valence-electron chi connectivity index (χ1n) is 9.05. The summed E-state index contributed by atoms with van der Waals surface area (Å²) in [6.07, 6.45) is 8.08. The molecule has 2 aromatic rings. The van der Waals surface area contributed by atoms with Gasteiger partial charge in [0.1, 0.15) is 0 Å². The molecule has 25 heavy (non-hydrogen) atoms. The lowest BCUT2D eigenvalue weighted by molar-refractivity contribution is -0.127. The van der Waals surface area contributed by atoms with Crippen LogP contribution in [-0.2, 0) is 11.2 Å². The van der Waals surface area contributed by atoms with Crippen LogP contribution in [0.5, 0.6) is 0 Å². The van der Waals surface area contributed by atoms with E-state index in [1.54, 1.807) is 17.4 Å². The summed E-state index contributed by atoms with van der Waals surface area (Å²) in [7, 11) is 0. The van der Waals surface area contributed by atoms with Crippen molar-refractivity contribution in [2.75, 3.05) is 13.1 Å². The molecule has 1 aliphatic heterocycles. The van der Waals surface area contributed by atoms with Crippen molar-refractivity contribution >= 4 is 23.3 Å². The topological polar surface area (TPSA) is 33.2 Å². The van der Waals surface area contributed by atoms with Crippen molar-refractivity contribution < 1.29 is 4.79 Å². The highest BCUT2D eigenvalue weighted by molar-refractivity contribution is 7.09. The van der Waals surface area contributed by atoms with Gasteiger partial charge in [0, 0.05) is 24.5 Å². The molecule has 0 N–H and O–H groups in total. The number of carbonyl (C=O) groups excluding carboxylic acids is 1. The Morgan fingerprint density at radius 3 is 2.60 bits per heavy atom. The summed E-state index contributed by atoms with van der Waals surface area (Å²) in [6, 6.07) is 8.84. The number of rotatable bonds is 5. The fourth-order valence-electron chi connectivity index (χ4n) is 3.29. The van der Waals surface area contributed by atoms with Crippen LogP contribution in [0.3, 0.4) is 0 Å². The molecule has 3 rings (SSSR count). The first kappa shape index (κ1) is 17.9. The molecule has 1 saturated heterocycles. The van der Waals surface area contributed by atoms with Crippen molar-refractivity contribution in [2.45, 2.75) is 39.5 Å². The Bertz CT molecular complexity index is 725. The van der Waals surface area contributed by atoms with E-state index >= 15 is 0 Å². The van der Waals surface area contributed by atoms with Gasteiger partial charge in [-0.3, -0.25) is 4.79 Å². The van der Waals surface area contributed by atoms with Gasteiger partial charge >= 0.3 is 0 Å². The number of benzene rings is 1. The molecule has 3 nitrogen and oxygen atoms in total. The Morgan fingerprint density at radius 2 is 1.96 bits per heavy atom. The van der Waals surface area contributed by atoms with Gasteiger partial charge in [-0.2, -0.15) is 0 Å². The fraction of sp³-hybridized carbons (Fsp3) is 0.429. The maximum absolute atomic E-state index is 12.3. The molecule has 0 atom stereocenters. The van der Waals surface area contributed by atoms with Crippen molar-refractivity contribution in [2.24, 2.45) is 5.92 Å². The fourth-order valence-corrected chi connectivity index (χ4v) is 3.87. The zero-order valence-corrected chi connectivity index (χ0v) is 15.9. The van der Waals surface area contributed by atoms with Crippen LogP contribution < -0.4 is 0 Å². The maximum atomic E-state index is 12.3. The van der Waals surface area contributed by atoms with Gasteiger partial charge in [0.15, 0.2) is 0 Å². The number of piperidine rings is 1. The first-order chi connectivity index (χ1) is 12.1. The Labute approximate surface area is 154 Å². The van der Waals surface area contributed by atoms with E-state index in [2.05, 4.69) is 36.2 Å². The zero-order chi connectivity index (χ0) is 17.6. The molecular weight excluding hydrogens is 328 g/mol. The average Bonchev–Trinajstić information content (AvgIpc) is 3.05. The minimum absolute atomic E-state index is 0.114. The van der Waals surface area contributed by atoms with Crippen molar-refractivity contribution in [1.82, 2.24) is 9.88 Å². The number of likely N-dealkylation sites (tertiary alicyclic amines) is 1. The standard InChI is InChI=1S/C21H26N2OS/c1-16-3-5-18(6-4-16)7-8-19-11-13-23(14-12-19)21(24)10-9-20-15-25-17(2)22-20/h3-6,9-10,15,19H,7-8,11-14H2,1-2H3. The van der Waals surface area contributed by atoms with Crippen LogP contribution >= 0.6 is 11.3 Å². The minimum Gasteiger partial charge on any atom is -0.339 e. The van der Waals surface area contributed by atoms with E-state index in [4.69, 9.17) is 0 Å². The monoisotopic (exact) mass is 354 g/mol. The van der Waals surface area contributed by atoms with Gasteiger partial charge < -0.3 is 4.90 Å². The number of amides is 1. The van der Waals surface area contributed by atoms with E-state index in [0.717, 1.165) is 49.0 Å². The summed E-state index contributed by atoms with van der Waals surface area (Å²) < 4.78 is 0. The Kier molecular flexibility index (Phi) is 6.03. The van der Waals surface area contributed by atoms with Crippen LogP contribution in [0.2, 0.25) is 0 Å². The lowest BCUT2D eigenvalue weighted by atomic mass is 9.90. The second-order valence-corrected chi connectivity index (χ2v) is 7.98. The van der Waals surface area contributed by atoms with Gasteiger partial charge in [-0.25, -0.2) is 4.98 Å². The summed E-state index contributed by atoms with van der Waals surface area (Å²) in [5.41, 5.74) is 3.62. The number of thiazole rings is 1. The van der Waals surface area contributed by atoms with Crippen LogP contribution in [-0.4, -0.2) is 28.9 Å². The third-order valence-corrected chi connectivity index (χ3v) is 5.71. The van der Waals surface area contributed by atoms with Crippen LogP contribution in [0.25, 0.3) is 6.08 Å². The molecule has 0 spiro atoms. The molecular formula is C21H26N2OS. The molecule has 1 aromatic carbocycles. The lowest BCUT2D eigenvalue weighted by Gasteiger charge is -2.31. The summed E-state index contributed by atoms with van der Waals surface area (Å²) in [6.45, 7) is 5.85. The third-order valence-electron chi connectivity index (χ3n) is 4.92. The second kappa shape index (κ2) is 8.43. The molecule has 1 aliphatic rings. The SMILES string of the molecule is Cc1ccc(CCC2CCN(C(=O)C=Cc3csc(C)n3)CC2)cc1. The highest BCUT2D eigenvalue weighted by Gasteiger charge is 2.21. The van der Waals surface area contributed by atoms with Gasteiger partial charge in [0.05, 0.1) is 10.7 Å². The zero-order valence-electron chi connectivity index (χ0n) is 15.1. The number of carbonyl (C=O) groups is 1. The maximum Gasteiger partial charge on any atom is 0.246 e. The molecule has 4 heteroatoms. The summed E-state index contributed by atoms with van der Waals surface area (Å²) in [5.74, 6) is 0.846. The first-order valence-corrected chi connectivity index (χ1v) is 9.93. The van der Waals surface area contributed by atoms with Crippen LogP contribution in [0.1, 0.15) is 41.1 Å². The van der Waals surface area contributed by atoms with E-state index < -0.39 is 0 Å². The van der Waals surface area contributed by atoms with E-state index in [9.17, 15) is 4.79 Å². The predicted molar refractivity (Wildman–Crippen MR) is 105 cm³/mol.